The Hall–Kier alpha value is -3.59. The second-order valence-corrected chi connectivity index (χ2v) is 11.2. The molecule has 1 aromatic carbocycles. The molecule has 1 N–H and O–H groups in total. The number of hydrogen-bond donors (Lipinski definition) is 1. The average Bonchev–Trinajstić information content (AvgIpc) is 3.18. The molecule has 0 fully saturated rings. The first kappa shape index (κ1) is 30.9. The highest BCUT2D eigenvalue weighted by atomic mass is 32.2. The molecule has 1 aliphatic heterocycles. The van der Waals surface area contributed by atoms with Crippen LogP contribution in [-0.4, -0.2) is 55.6 Å². The van der Waals surface area contributed by atoms with Gasteiger partial charge in [-0.05, 0) is 50.8 Å². The molecule has 2 aliphatic rings. The molecule has 8 nitrogen and oxygen atoms in total. The van der Waals surface area contributed by atoms with Crippen LogP contribution in [0.3, 0.4) is 0 Å². The van der Waals surface area contributed by atoms with Crippen molar-refractivity contribution in [2.45, 2.75) is 56.8 Å². The summed E-state index contributed by atoms with van der Waals surface area (Å²) in [5, 5.41) is 2.53. The number of amides is 2. The number of carbonyl (C=O) groups is 4. The van der Waals surface area contributed by atoms with Crippen molar-refractivity contribution < 1.29 is 28.7 Å². The number of carbonyl (C=O) groups excluding carboxylic acids is 4. The van der Waals surface area contributed by atoms with E-state index in [1.54, 1.807) is 18.1 Å². The Kier molecular flexibility index (Phi) is 11.4. The minimum Gasteiger partial charge on any atom is -0.501 e. The Balaban J connectivity index is 1.83. The Morgan fingerprint density at radius 1 is 1.18 bits per heavy atom. The van der Waals surface area contributed by atoms with Crippen LogP contribution in [0.25, 0.3) is 0 Å². The number of methoxy groups -OCH3 is 1. The Morgan fingerprint density at radius 2 is 1.93 bits per heavy atom. The zero-order valence-electron chi connectivity index (χ0n) is 23.7. The predicted octanol–water partition coefficient (Wildman–Crippen LogP) is 4.77. The van der Waals surface area contributed by atoms with E-state index in [0.717, 1.165) is 22.5 Å². The third kappa shape index (κ3) is 7.97. The van der Waals surface area contributed by atoms with Crippen molar-refractivity contribution in [2.24, 2.45) is 11.8 Å². The van der Waals surface area contributed by atoms with Gasteiger partial charge < -0.3 is 24.5 Å². The number of hydrogen-bond acceptors (Lipinski definition) is 7. The highest BCUT2D eigenvalue weighted by molar-refractivity contribution is 8.00. The first-order valence-corrected chi connectivity index (χ1v) is 14.3. The van der Waals surface area contributed by atoms with E-state index in [1.807, 2.05) is 69.3 Å². The maximum Gasteiger partial charge on any atom is 0.303 e. The Morgan fingerprint density at radius 3 is 2.62 bits per heavy atom. The molecule has 0 saturated heterocycles. The van der Waals surface area contributed by atoms with Crippen molar-refractivity contribution in [2.75, 3.05) is 25.1 Å². The summed E-state index contributed by atoms with van der Waals surface area (Å²) < 4.78 is 10.8. The van der Waals surface area contributed by atoms with Crippen LogP contribution >= 0.6 is 11.8 Å². The molecule has 0 saturated carbocycles. The fourth-order valence-corrected chi connectivity index (χ4v) is 6.11. The van der Waals surface area contributed by atoms with Gasteiger partial charge >= 0.3 is 5.97 Å². The van der Waals surface area contributed by atoms with Crippen LogP contribution in [0.4, 0.5) is 5.69 Å². The van der Waals surface area contributed by atoms with E-state index in [-0.39, 0.29) is 36.1 Å². The second-order valence-electron chi connectivity index (χ2n) is 9.94. The van der Waals surface area contributed by atoms with Crippen molar-refractivity contribution in [1.29, 1.82) is 0 Å². The van der Waals surface area contributed by atoms with Gasteiger partial charge in [-0.2, -0.15) is 0 Å². The van der Waals surface area contributed by atoms with E-state index in [2.05, 4.69) is 5.32 Å². The summed E-state index contributed by atoms with van der Waals surface area (Å²) in [6, 6.07) is 7.55. The van der Waals surface area contributed by atoms with Crippen molar-refractivity contribution in [3.8, 4) is 0 Å². The monoisotopic (exact) mass is 566 g/mol. The number of aldehydes is 1. The average molecular weight is 567 g/mol. The Labute approximate surface area is 240 Å². The molecular formula is C31H38N2O6S. The van der Waals surface area contributed by atoms with Gasteiger partial charge in [0.15, 0.2) is 6.10 Å². The molecule has 40 heavy (non-hydrogen) atoms. The summed E-state index contributed by atoms with van der Waals surface area (Å²) in [7, 11) is 1.60. The lowest BCUT2D eigenvalue weighted by Gasteiger charge is -2.28. The molecule has 0 spiro atoms. The maximum absolute atomic E-state index is 13.9. The van der Waals surface area contributed by atoms with Crippen molar-refractivity contribution >= 4 is 41.5 Å². The van der Waals surface area contributed by atoms with Gasteiger partial charge in [0.2, 0.25) is 5.91 Å². The number of nitrogens with zero attached hydrogens (tertiary/aromatic N) is 1. The van der Waals surface area contributed by atoms with E-state index >= 15 is 0 Å². The van der Waals surface area contributed by atoms with Gasteiger partial charge in [-0.25, -0.2) is 0 Å². The standard InChI is InChI=1S/C31H38N2O6S/c1-20(14-15-22(3)38-5)18-28-29(39-23(4)35)31(37)33(26-12-8-9-13-27(26)40-28)17-16-32-30(36)24-11-7-6-10-21(2)25(24)19-34/h6,8-15,19,21,25,28-29H,7,16-18H2,1-5H3,(H,32,36)/b20-14+,22-15+. The second kappa shape index (κ2) is 14.7. The summed E-state index contributed by atoms with van der Waals surface area (Å²) in [5.74, 6) is -1.07. The molecular weight excluding hydrogens is 528 g/mol. The van der Waals surface area contributed by atoms with Gasteiger partial charge in [0.25, 0.3) is 5.91 Å². The Bertz CT molecular complexity index is 1230. The molecule has 4 atom stereocenters. The predicted molar refractivity (Wildman–Crippen MR) is 157 cm³/mol. The minimum absolute atomic E-state index is 0.0825. The summed E-state index contributed by atoms with van der Waals surface area (Å²) in [4.78, 5) is 53.2. The molecule has 214 valence electrons. The van der Waals surface area contributed by atoms with E-state index < -0.39 is 18.0 Å². The number of para-hydroxylation sites is 1. The first-order chi connectivity index (χ1) is 19.2. The molecule has 1 heterocycles. The SMILES string of the molecule is CO/C(C)=C/C=C(\C)CC1Sc2ccccc2N(CCNC(=O)C2=CCC=CC(C)C2C=O)C(=O)C1OC(C)=O. The normalized spacial score (nSPS) is 23.4. The van der Waals surface area contributed by atoms with Gasteiger partial charge in [0.05, 0.1) is 29.7 Å². The van der Waals surface area contributed by atoms with Gasteiger partial charge in [-0.3, -0.25) is 14.4 Å². The summed E-state index contributed by atoms with van der Waals surface area (Å²) in [6.45, 7) is 7.35. The lowest BCUT2D eigenvalue weighted by molar-refractivity contribution is -0.152. The van der Waals surface area contributed by atoms with Gasteiger partial charge in [-0.1, -0.05) is 48.9 Å². The van der Waals surface area contributed by atoms with Crippen LogP contribution in [0.15, 0.2) is 76.4 Å². The van der Waals surface area contributed by atoms with E-state index in [1.165, 1.54) is 18.7 Å². The maximum atomic E-state index is 13.9. The number of fused-ring (bicyclic) bond motifs is 1. The van der Waals surface area contributed by atoms with Crippen molar-refractivity contribution in [1.82, 2.24) is 5.32 Å². The van der Waals surface area contributed by atoms with Gasteiger partial charge in [-0.15, -0.1) is 11.8 Å². The lowest BCUT2D eigenvalue weighted by atomic mass is 9.88. The molecule has 4 unspecified atom stereocenters. The largest absolute Gasteiger partial charge is 0.501 e. The third-order valence-corrected chi connectivity index (χ3v) is 8.21. The minimum atomic E-state index is -1.02. The van der Waals surface area contributed by atoms with Crippen LogP contribution in [-0.2, 0) is 28.7 Å². The molecule has 0 bridgehead atoms. The molecule has 3 rings (SSSR count). The molecule has 1 aliphatic carbocycles. The quantitative estimate of drug-likeness (QED) is 0.143. The number of esters is 1. The summed E-state index contributed by atoms with van der Waals surface area (Å²) in [6.07, 6.45) is 10.3. The zero-order valence-corrected chi connectivity index (χ0v) is 24.5. The number of ether oxygens (including phenoxy) is 2. The number of allylic oxidation sites excluding steroid dienone is 7. The smallest absolute Gasteiger partial charge is 0.303 e. The van der Waals surface area contributed by atoms with Crippen LogP contribution in [0.2, 0.25) is 0 Å². The molecule has 9 heteroatoms. The summed E-state index contributed by atoms with van der Waals surface area (Å²) >= 11 is 1.50. The number of rotatable bonds is 10. The third-order valence-electron chi connectivity index (χ3n) is 6.89. The molecule has 1 aromatic rings. The van der Waals surface area contributed by atoms with E-state index in [4.69, 9.17) is 9.47 Å². The number of benzene rings is 1. The summed E-state index contributed by atoms with van der Waals surface area (Å²) in [5.41, 5.74) is 2.13. The zero-order chi connectivity index (χ0) is 29.2. The number of anilines is 1. The number of thioether (sulfide) groups is 1. The van der Waals surface area contributed by atoms with E-state index in [0.29, 0.717) is 24.1 Å². The molecule has 2 amide bonds. The van der Waals surface area contributed by atoms with E-state index in [9.17, 15) is 19.2 Å². The van der Waals surface area contributed by atoms with Crippen LogP contribution in [0.5, 0.6) is 0 Å². The highest BCUT2D eigenvalue weighted by Gasteiger charge is 2.40. The molecule has 0 radical (unpaired) electrons. The fraction of sp³-hybridized carbons (Fsp3) is 0.419. The lowest BCUT2D eigenvalue weighted by Crippen LogP contribution is -2.47. The van der Waals surface area contributed by atoms with Crippen molar-refractivity contribution in [3.05, 3.63) is 71.6 Å². The van der Waals surface area contributed by atoms with Crippen LogP contribution in [0, 0.1) is 11.8 Å². The molecule has 0 aromatic heterocycles. The topological polar surface area (TPSA) is 102 Å². The van der Waals surface area contributed by atoms with Crippen LogP contribution < -0.4 is 10.2 Å². The van der Waals surface area contributed by atoms with Crippen LogP contribution in [0.1, 0.15) is 40.5 Å². The van der Waals surface area contributed by atoms with Gasteiger partial charge in [0.1, 0.15) is 6.29 Å². The highest BCUT2D eigenvalue weighted by Crippen LogP contribution is 2.41. The number of nitrogens with one attached hydrogen (secondary N) is 1. The van der Waals surface area contributed by atoms with Gasteiger partial charge in [0, 0.05) is 30.5 Å². The van der Waals surface area contributed by atoms with Crippen molar-refractivity contribution in [3.63, 3.8) is 0 Å². The first-order valence-electron chi connectivity index (χ1n) is 13.4. The fourth-order valence-electron chi connectivity index (χ4n) is 4.69.